The molecule has 0 unspecified atom stereocenters. The Morgan fingerprint density at radius 3 is 2.64 bits per heavy atom. The van der Waals surface area contributed by atoms with E-state index in [0.29, 0.717) is 29.1 Å². The van der Waals surface area contributed by atoms with E-state index >= 15 is 0 Å². The van der Waals surface area contributed by atoms with Gasteiger partial charge in [0.1, 0.15) is 12.0 Å². The zero-order chi connectivity index (χ0) is 22.8. The van der Waals surface area contributed by atoms with Crippen LogP contribution in [0.1, 0.15) is 38.7 Å². The molecule has 5 aromatic rings. The molecule has 0 aliphatic rings. The molecule has 164 valence electrons. The molecule has 9 nitrogen and oxygen atoms in total. The first-order valence-corrected chi connectivity index (χ1v) is 10.5. The second-order valence-electron chi connectivity index (χ2n) is 7.66. The fraction of sp³-hybridized carbons (Fsp3) is 0.167. The van der Waals surface area contributed by atoms with Crippen molar-refractivity contribution in [2.24, 2.45) is 7.05 Å². The zero-order valence-corrected chi connectivity index (χ0v) is 17.9. The van der Waals surface area contributed by atoms with Crippen molar-refractivity contribution >= 4 is 17.3 Å². The summed E-state index contributed by atoms with van der Waals surface area (Å²) in [5, 5.41) is 7.95. The number of benzene rings is 1. The summed E-state index contributed by atoms with van der Waals surface area (Å²) < 4.78 is 8.05. The third-order valence-electron chi connectivity index (χ3n) is 5.40. The van der Waals surface area contributed by atoms with Crippen LogP contribution in [-0.2, 0) is 19.9 Å². The molecule has 0 aliphatic heterocycles. The molecule has 0 spiro atoms. The number of rotatable bonds is 8. The summed E-state index contributed by atoms with van der Waals surface area (Å²) in [4.78, 5) is 35.0. The molecule has 0 atom stereocenters. The number of carbonyl (C=O) groups is 2. The Labute approximate surface area is 188 Å². The van der Waals surface area contributed by atoms with Crippen LogP contribution in [0.4, 0.5) is 0 Å². The first-order chi connectivity index (χ1) is 16.1. The van der Waals surface area contributed by atoms with Crippen LogP contribution in [0.2, 0.25) is 0 Å². The van der Waals surface area contributed by atoms with E-state index in [4.69, 9.17) is 4.52 Å². The summed E-state index contributed by atoms with van der Waals surface area (Å²) in [6.45, 7) is 0. The lowest BCUT2D eigenvalue weighted by atomic mass is 10.0. The van der Waals surface area contributed by atoms with Gasteiger partial charge in [-0.2, -0.15) is 5.10 Å². The van der Waals surface area contributed by atoms with E-state index in [0.717, 1.165) is 11.3 Å². The number of ketones is 2. The van der Waals surface area contributed by atoms with Gasteiger partial charge >= 0.3 is 0 Å². The average Bonchev–Trinajstić information content (AvgIpc) is 3.57. The van der Waals surface area contributed by atoms with Gasteiger partial charge < -0.3 is 4.52 Å². The van der Waals surface area contributed by atoms with Crippen molar-refractivity contribution in [1.29, 1.82) is 0 Å². The predicted octanol–water partition coefficient (Wildman–Crippen LogP) is 3.36. The van der Waals surface area contributed by atoms with Crippen LogP contribution in [0.3, 0.4) is 0 Å². The molecular formula is C24H20N6O3. The summed E-state index contributed by atoms with van der Waals surface area (Å²) in [7, 11) is 1.65. The Morgan fingerprint density at radius 2 is 1.85 bits per heavy atom. The van der Waals surface area contributed by atoms with Crippen LogP contribution in [-0.4, -0.2) is 40.9 Å². The van der Waals surface area contributed by atoms with Gasteiger partial charge in [-0.05, 0) is 6.07 Å². The predicted molar refractivity (Wildman–Crippen MR) is 119 cm³/mol. The van der Waals surface area contributed by atoms with Crippen molar-refractivity contribution in [3.63, 3.8) is 0 Å². The molecule has 0 bridgehead atoms. The zero-order valence-electron chi connectivity index (χ0n) is 17.9. The van der Waals surface area contributed by atoms with Gasteiger partial charge in [-0.15, -0.1) is 0 Å². The van der Waals surface area contributed by atoms with E-state index in [1.54, 1.807) is 19.2 Å². The van der Waals surface area contributed by atoms with Gasteiger partial charge in [0.15, 0.2) is 11.6 Å². The number of fused-ring (bicyclic) bond motifs is 1. The molecule has 0 fully saturated rings. The molecule has 33 heavy (non-hydrogen) atoms. The molecular weight excluding hydrogens is 420 g/mol. The number of imidazole rings is 1. The minimum Gasteiger partial charge on any atom is -0.365 e. The highest BCUT2D eigenvalue weighted by molar-refractivity contribution is 6.08. The van der Waals surface area contributed by atoms with Crippen LogP contribution in [0.25, 0.3) is 17.0 Å². The Hall–Kier alpha value is -4.40. The summed E-state index contributed by atoms with van der Waals surface area (Å²) in [5.41, 5.74) is 3.63. The van der Waals surface area contributed by atoms with Crippen molar-refractivity contribution in [2.45, 2.75) is 19.3 Å². The molecule has 5 rings (SSSR count). The Bertz CT molecular complexity index is 1430. The van der Waals surface area contributed by atoms with E-state index in [1.807, 2.05) is 47.1 Å². The number of hydrogen-bond donors (Lipinski definition) is 0. The molecule has 0 N–H and O–H groups in total. The second kappa shape index (κ2) is 8.62. The molecule has 0 aliphatic carbocycles. The lowest BCUT2D eigenvalue weighted by Crippen LogP contribution is -2.15. The van der Waals surface area contributed by atoms with Gasteiger partial charge in [-0.1, -0.05) is 35.5 Å². The van der Waals surface area contributed by atoms with Gasteiger partial charge in [-0.3, -0.25) is 18.7 Å². The summed E-state index contributed by atoms with van der Waals surface area (Å²) >= 11 is 0. The first kappa shape index (κ1) is 20.5. The molecule has 4 aromatic heterocycles. The molecule has 0 saturated carbocycles. The first-order valence-electron chi connectivity index (χ1n) is 10.5. The molecule has 0 amide bonds. The van der Waals surface area contributed by atoms with Crippen LogP contribution < -0.4 is 0 Å². The largest absolute Gasteiger partial charge is 0.365 e. The summed E-state index contributed by atoms with van der Waals surface area (Å²) in [6, 6.07) is 13.3. The van der Waals surface area contributed by atoms with Gasteiger partial charge in [0.2, 0.25) is 5.78 Å². The second-order valence-corrected chi connectivity index (χ2v) is 7.66. The van der Waals surface area contributed by atoms with Gasteiger partial charge in [-0.25, -0.2) is 9.97 Å². The number of aryl methyl sites for hydroxylation is 2. The quantitative estimate of drug-likeness (QED) is 0.340. The van der Waals surface area contributed by atoms with E-state index in [2.05, 4.69) is 20.2 Å². The maximum atomic E-state index is 13.1. The highest BCUT2D eigenvalue weighted by Gasteiger charge is 2.23. The Balaban J connectivity index is 1.35. The van der Waals surface area contributed by atoms with E-state index in [9.17, 15) is 9.59 Å². The molecule has 0 saturated heterocycles. The lowest BCUT2D eigenvalue weighted by Gasteiger charge is -2.05. The smallest absolute Gasteiger partial charge is 0.234 e. The maximum Gasteiger partial charge on any atom is 0.234 e. The number of hydrogen-bond acceptors (Lipinski definition) is 7. The topological polar surface area (TPSA) is 108 Å². The number of aromatic nitrogens is 6. The normalized spacial score (nSPS) is 11.2. The minimum atomic E-state index is -0.230. The fourth-order valence-corrected chi connectivity index (χ4v) is 3.72. The van der Waals surface area contributed by atoms with Crippen molar-refractivity contribution < 1.29 is 14.1 Å². The highest BCUT2D eigenvalue weighted by Crippen LogP contribution is 2.19. The third kappa shape index (κ3) is 4.20. The minimum absolute atomic E-state index is 0.0349. The fourth-order valence-electron chi connectivity index (χ4n) is 3.72. The number of Topliss-reactive ketones (excluding diaryl/α,β-unsaturated/α-hetero) is 2. The van der Waals surface area contributed by atoms with Gasteiger partial charge in [0, 0.05) is 43.9 Å². The number of carbonyl (C=O) groups excluding carboxylic acids is 2. The monoisotopic (exact) mass is 440 g/mol. The molecule has 0 radical (unpaired) electrons. The summed E-state index contributed by atoms with van der Waals surface area (Å²) in [5.74, 6) is 0.109. The molecule has 4 heterocycles. The van der Waals surface area contributed by atoms with Gasteiger partial charge in [0.05, 0.1) is 35.3 Å². The molecule has 9 heteroatoms. The van der Waals surface area contributed by atoms with Crippen molar-refractivity contribution in [2.75, 3.05) is 0 Å². The van der Waals surface area contributed by atoms with Crippen LogP contribution in [0.15, 0.2) is 71.8 Å². The molecule has 1 aromatic carbocycles. The van der Waals surface area contributed by atoms with Crippen LogP contribution >= 0.6 is 0 Å². The van der Waals surface area contributed by atoms with E-state index < -0.39 is 0 Å². The third-order valence-corrected chi connectivity index (χ3v) is 5.40. The van der Waals surface area contributed by atoms with E-state index in [1.165, 1.54) is 17.1 Å². The van der Waals surface area contributed by atoms with Crippen molar-refractivity contribution in [1.82, 2.24) is 29.3 Å². The number of nitrogens with zero attached hydrogens (tertiary/aromatic N) is 6. The Morgan fingerprint density at radius 1 is 1.00 bits per heavy atom. The van der Waals surface area contributed by atoms with Crippen molar-refractivity contribution in [3.8, 4) is 11.3 Å². The Kier molecular flexibility index (Phi) is 5.35. The van der Waals surface area contributed by atoms with Gasteiger partial charge in [0.25, 0.3) is 0 Å². The van der Waals surface area contributed by atoms with Crippen molar-refractivity contribution in [3.05, 3.63) is 90.0 Å². The SMILES string of the molecule is Cn1ncc(C(=O)CCc2ccon2)c1C(=O)Cc1ccn2cc(-c3ccccc3)nc2n1. The van der Waals surface area contributed by atoms with Crippen LogP contribution in [0.5, 0.6) is 0 Å². The maximum absolute atomic E-state index is 13.1. The standard InChI is InChI=1S/C24H20N6O3/c1-29-23(19(14-25-29)21(31)8-7-17-10-12-33-28-17)22(32)13-18-9-11-30-15-20(27-24(30)26-18)16-5-3-2-4-6-16/h2-6,9-12,14-15H,7-8,13H2,1H3. The van der Waals surface area contributed by atoms with Crippen LogP contribution in [0, 0.1) is 0 Å². The highest BCUT2D eigenvalue weighted by atomic mass is 16.5. The summed E-state index contributed by atoms with van der Waals surface area (Å²) in [6.07, 6.45) is 7.31. The van der Waals surface area contributed by atoms with E-state index in [-0.39, 0.29) is 30.1 Å². The average molecular weight is 440 g/mol. The lowest BCUT2D eigenvalue weighted by molar-refractivity contribution is 0.0949.